The van der Waals surface area contributed by atoms with E-state index in [1.54, 1.807) is 0 Å². The van der Waals surface area contributed by atoms with Gasteiger partial charge in [-0.05, 0) is 90.8 Å². The van der Waals surface area contributed by atoms with Crippen molar-refractivity contribution in [3.05, 3.63) is 105 Å². The third-order valence-electron chi connectivity index (χ3n) is 5.46. The molecule has 3 aromatic rings. The van der Waals surface area contributed by atoms with Crippen LogP contribution in [0.15, 0.2) is 60.7 Å². The van der Waals surface area contributed by atoms with E-state index in [1.165, 1.54) is 50.1 Å². The van der Waals surface area contributed by atoms with E-state index in [0.29, 0.717) is 0 Å². The molecule has 0 amide bonds. The van der Waals surface area contributed by atoms with Crippen molar-refractivity contribution in [1.82, 2.24) is 0 Å². The first-order chi connectivity index (χ1) is 12.0. The standard InChI is InChI=1S/C25H26/c1-17-18(2)20(4)25(21(5)19(17)3)24(23-14-10-7-11-15-23)16-22-12-8-6-9-13-22/h6-16H,1-5H3. The van der Waals surface area contributed by atoms with Gasteiger partial charge in [-0.15, -0.1) is 0 Å². The molecule has 0 atom stereocenters. The molecule has 3 aromatic carbocycles. The summed E-state index contributed by atoms with van der Waals surface area (Å²) in [4.78, 5) is 0. The van der Waals surface area contributed by atoms with Crippen LogP contribution in [0.5, 0.6) is 0 Å². The van der Waals surface area contributed by atoms with E-state index in [4.69, 9.17) is 0 Å². The molecule has 0 nitrogen and oxygen atoms in total. The normalized spacial score (nSPS) is 11.6. The van der Waals surface area contributed by atoms with Gasteiger partial charge in [0.15, 0.2) is 0 Å². The van der Waals surface area contributed by atoms with Crippen molar-refractivity contribution < 1.29 is 0 Å². The Morgan fingerprint density at radius 1 is 0.560 bits per heavy atom. The van der Waals surface area contributed by atoms with Gasteiger partial charge in [0.2, 0.25) is 0 Å². The van der Waals surface area contributed by atoms with Crippen LogP contribution in [-0.4, -0.2) is 0 Å². The van der Waals surface area contributed by atoms with Crippen molar-refractivity contribution in [1.29, 1.82) is 0 Å². The van der Waals surface area contributed by atoms with Crippen LogP contribution in [0.3, 0.4) is 0 Å². The minimum atomic E-state index is 1.23. The zero-order chi connectivity index (χ0) is 18.0. The summed E-state index contributed by atoms with van der Waals surface area (Å²) in [6.07, 6.45) is 2.32. The maximum atomic E-state index is 2.32. The van der Waals surface area contributed by atoms with Gasteiger partial charge < -0.3 is 0 Å². The summed E-state index contributed by atoms with van der Waals surface area (Å²) in [5, 5.41) is 0. The van der Waals surface area contributed by atoms with Crippen LogP contribution in [0.25, 0.3) is 11.6 Å². The molecule has 3 rings (SSSR count). The fourth-order valence-corrected chi connectivity index (χ4v) is 3.54. The molecule has 0 saturated heterocycles. The van der Waals surface area contributed by atoms with E-state index in [1.807, 2.05) is 0 Å². The molecule has 126 valence electrons. The fraction of sp³-hybridized carbons (Fsp3) is 0.200. The van der Waals surface area contributed by atoms with E-state index in [2.05, 4.69) is 101 Å². The third kappa shape index (κ3) is 3.30. The molecule has 0 aromatic heterocycles. The summed E-state index contributed by atoms with van der Waals surface area (Å²) in [6.45, 7) is 11.2. The summed E-state index contributed by atoms with van der Waals surface area (Å²) in [5.74, 6) is 0. The predicted molar refractivity (Wildman–Crippen MR) is 110 cm³/mol. The summed E-state index contributed by atoms with van der Waals surface area (Å²) in [6, 6.07) is 21.3. The molecule has 25 heavy (non-hydrogen) atoms. The Hall–Kier alpha value is -2.60. The topological polar surface area (TPSA) is 0 Å². The van der Waals surface area contributed by atoms with Crippen molar-refractivity contribution in [3.63, 3.8) is 0 Å². The minimum Gasteiger partial charge on any atom is -0.0622 e. The molecule has 0 radical (unpaired) electrons. The van der Waals surface area contributed by atoms with Crippen molar-refractivity contribution in [2.45, 2.75) is 34.6 Å². The zero-order valence-corrected chi connectivity index (χ0v) is 15.9. The van der Waals surface area contributed by atoms with Gasteiger partial charge in [-0.2, -0.15) is 0 Å². The van der Waals surface area contributed by atoms with E-state index in [-0.39, 0.29) is 0 Å². The maximum absolute atomic E-state index is 2.32. The SMILES string of the molecule is Cc1c(C)c(C)c(C(=Cc2ccccc2)c2ccccc2)c(C)c1C. The third-order valence-corrected chi connectivity index (χ3v) is 5.46. The van der Waals surface area contributed by atoms with Crippen molar-refractivity contribution >= 4 is 11.6 Å². The molecule has 0 saturated carbocycles. The van der Waals surface area contributed by atoms with Crippen LogP contribution in [0.1, 0.15) is 44.5 Å². The monoisotopic (exact) mass is 326 g/mol. The average Bonchev–Trinajstić information content (AvgIpc) is 2.65. The van der Waals surface area contributed by atoms with Crippen LogP contribution in [-0.2, 0) is 0 Å². The molecule has 0 spiro atoms. The second-order valence-electron chi connectivity index (χ2n) is 6.83. The Kier molecular flexibility index (Phi) is 4.90. The lowest BCUT2D eigenvalue weighted by atomic mass is 9.83. The summed E-state index contributed by atoms with van der Waals surface area (Å²) in [5.41, 5.74) is 12.1. The van der Waals surface area contributed by atoms with Crippen LogP contribution in [0, 0.1) is 34.6 Å². The highest BCUT2D eigenvalue weighted by molar-refractivity contribution is 5.94. The van der Waals surface area contributed by atoms with Gasteiger partial charge in [-0.25, -0.2) is 0 Å². The quantitative estimate of drug-likeness (QED) is 0.463. The highest BCUT2D eigenvalue weighted by Crippen LogP contribution is 2.35. The molecule has 0 heteroatoms. The van der Waals surface area contributed by atoms with E-state index >= 15 is 0 Å². The van der Waals surface area contributed by atoms with Crippen LogP contribution >= 0.6 is 0 Å². The van der Waals surface area contributed by atoms with E-state index in [9.17, 15) is 0 Å². The Labute approximate surface area is 151 Å². The Morgan fingerprint density at radius 3 is 1.52 bits per heavy atom. The smallest absolute Gasteiger partial charge is 0.01000 e. The van der Waals surface area contributed by atoms with Gasteiger partial charge in [-0.3, -0.25) is 0 Å². The number of hydrogen-bond donors (Lipinski definition) is 0. The molecular weight excluding hydrogens is 300 g/mol. The molecule has 0 N–H and O–H groups in total. The maximum Gasteiger partial charge on any atom is -0.01000 e. The fourth-order valence-electron chi connectivity index (χ4n) is 3.54. The highest BCUT2D eigenvalue weighted by Gasteiger charge is 2.16. The van der Waals surface area contributed by atoms with Crippen molar-refractivity contribution in [2.75, 3.05) is 0 Å². The van der Waals surface area contributed by atoms with Gasteiger partial charge in [-0.1, -0.05) is 60.7 Å². The van der Waals surface area contributed by atoms with Gasteiger partial charge in [0.1, 0.15) is 0 Å². The molecule has 0 bridgehead atoms. The molecule has 0 aliphatic rings. The molecule has 0 heterocycles. The van der Waals surface area contributed by atoms with Gasteiger partial charge >= 0.3 is 0 Å². The second kappa shape index (κ2) is 7.11. The summed E-state index contributed by atoms with van der Waals surface area (Å²) in [7, 11) is 0. The first-order valence-corrected chi connectivity index (χ1v) is 8.90. The predicted octanol–water partition coefficient (Wildman–Crippen LogP) is 6.82. The van der Waals surface area contributed by atoms with Crippen LogP contribution in [0.4, 0.5) is 0 Å². The summed E-state index contributed by atoms with van der Waals surface area (Å²) >= 11 is 0. The summed E-state index contributed by atoms with van der Waals surface area (Å²) < 4.78 is 0. The largest absolute Gasteiger partial charge is 0.0622 e. The number of rotatable bonds is 3. The Bertz CT molecular complexity index is 884. The number of hydrogen-bond acceptors (Lipinski definition) is 0. The lowest BCUT2D eigenvalue weighted by Crippen LogP contribution is -2.03. The van der Waals surface area contributed by atoms with Crippen LogP contribution < -0.4 is 0 Å². The van der Waals surface area contributed by atoms with Crippen molar-refractivity contribution in [3.8, 4) is 0 Å². The first kappa shape index (κ1) is 17.2. The zero-order valence-electron chi connectivity index (χ0n) is 15.9. The highest BCUT2D eigenvalue weighted by atomic mass is 14.2. The number of benzene rings is 3. The molecule has 0 aliphatic heterocycles. The van der Waals surface area contributed by atoms with Crippen molar-refractivity contribution in [2.24, 2.45) is 0 Å². The average molecular weight is 326 g/mol. The lowest BCUT2D eigenvalue weighted by molar-refractivity contribution is 1.16. The Morgan fingerprint density at radius 2 is 1.00 bits per heavy atom. The van der Waals surface area contributed by atoms with Gasteiger partial charge in [0, 0.05) is 0 Å². The van der Waals surface area contributed by atoms with Crippen LogP contribution in [0.2, 0.25) is 0 Å². The Balaban J connectivity index is 2.33. The van der Waals surface area contributed by atoms with Gasteiger partial charge in [0.05, 0.1) is 0 Å². The minimum absolute atomic E-state index is 1.23. The van der Waals surface area contributed by atoms with Gasteiger partial charge in [0.25, 0.3) is 0 Å². The molecule has 0 unspecified atom stereocenters. The second-order valence-corrected chi connectivity index (χ2v) is 6.83. The van der Waals surface area contributed by atoms with E-state index in [0.717, 1.165) is 0 Å². The lowest BCUT2D eigenvalue weighted by Gasteiger charge is -2.21. The molecule has 0 aliphatic carbocycles. The molecule has 0 fully saturated rings. The van der Waals surface area contributed by atoms with E-state index < -0.39 is 0 Å². The first-order valence-electron chi connectivity index (χ1n) is 8.90. The molecular formula is C25H26.